The molecule has 0 atom stereocenters. The van der Waals surface area contributed by atoms with Crippen LogP contribution in [0, 0.1) is 6.92 Å². The van der Waals surface area contributed by atoms with E-state index in [0.717, 1.165) is 27.8 Å². The number of ether oxygens (including phenoxy) is 1. The van der Waals surface area contributed by atoms with E-state index in [4.69, 9.17) is 9.88 Å². The molecule has 0 spiro atoms. The Labute approximate surface area is 199 Å². The lowest BCUT2D eigenvalue weighted by atomic mass is 9.86. The molecule has 0 unspecified atom stereocenters. The fourth-order valence-electron chi connectivity index (χ4n) is 3.82. The highest BCUT2D eigenvalue weighted by atomic mass is 32.2. The van der Waals surface area contributed by atoms with E-state index < -0.39 is 21.5 Å². The highest BCUT2D eigenvalue weighted by Gasteiger charge is 2.25. The molecule has 0 radical (unpaired) electrons. The highest BCUT2D eigenvalue weighted by Crippen LogP contribution is 2.35. The van der Waals surface area contributed by atoms with Crippen molar-refractivity contribution < 1.29 is 23.1 Å². The van der Waals surface area contributed by atoms with E-state index in [1.54, 1.807) is 12.3 Å². The first-order valence-corrected chi connectivity index (χ1v) is 12.4. The third-order valence-electron chi connectivity index (χ3n) is 5.58. The number of hydrogen-bond donors (Lipinski definition) is 2. The Morgan fingerprint density at radius 1 is 1.24 bits per heavy atom. The van der Waals surface area contributed by atoms with Crippen LogP contribution < -0.4 is 9.88 Å². The van der Waals surface area contributed by atoms with Gasteiger partial charge in [0.15, 0.2) is 5.03 Å². The molecule has 0 saturated carbocycles. The average molecular weight is 487 g/mol. The number of aliphatic carboxylic acids is 1. The van der Waals surface area contributed by atoms with Gasteiger partial charge < -0.3 is 9.84 Å². The largest absolute Gasteiger partial charge is 0.481 e. The third kappa shape index (κ3) is 5.63. The van der Waals surface area contributed by atoms with Crippen LogP contribution in [0.5, 0.6) is 5.88 Å². The smallest absolute Gasteiger partial charge is 0.307 e. The number of benzene rings is 1. The second kappa shape index (κ2) is 9.55. The number of carbonyl (C=O) groups is 1. The van der Waals surface area contributed by atoms with Gasteiger partial charge in [0, 0.05) is 18.5 Å². The molecule has 1 aromatic carbocycles. The van der Waals surface area contributed by atoms with Gasteiger partial charge in [0.05, 0.1) is 12.0 Å². The van der Waals surface area contributed by atoms with Crippen molar-refractivity contribution in [2.75, 3.05) is 6.61 Å². The Hall–Kier alpha value is -3.24. The lowest BCUT2D eigenvalue weighted by Crippen LogP contribution is -2.34. The quantitative estimate of drug-likeness (QED) is 0.472. The van der Waals surface area contributed by atoms with Crippen LogP contribution in [0.25, 0.3) is 11.1 Å². The Kier molecular flexibility index (Phi) is 7.13. The van der Waals surface area contributed by atoms with Crippen molar-refractivity contribution >= 4 is 16.0 Å². The molecule has 34 heavy (non-hydrogen) atoms. The lowest BCUT2D eigenvalue weighted by molar-refractivity contribution is -0.136. The van der Waals surface area contributed by atoms with Crippen molar-refractivity contribution in [3.63, 3.8) is 0 Å². The average Bonchev–Trinajstić information content (AvgIpc) is 3.24. The van der Waals surface area contributed by atoms with Crippen LogP contribution >= 0.6 is 0 Å². The summed E-state index contributed by atoms with van der Waals surface area (Å²) >= 11 is 0. The zero-order chi connectivity index (χ0) is 25.3. The number of rotatable bonds is 9. The molecule has 0 amide bonds. The maximum atomic E-state index is 11.6. The summed E-state index contributed by atoms with van der Waals surface area (Å²) in [6.07, 6.45) is 3.07. The molecule has 2 heterocycles. The molecule has 3 aromatic rings. The Morgan fingerprint density at radius 2 is 1.94 bits per heavy atom. The number of carboxylic acids is 1. The first kappa shape index (κ1) is 25.4. The normalized spacial score (nSPS) is 12.2. The van der Waals surface area contributed by atoms with Crippen LogP contribution in [-0.4, -0.2) is 40.9 Å². The van der Waals surface area contributed by atoms with Crippen LogP contribution in [0.1, 0.15) is 50.3 Å². The number of primary sulfonamides is 1. The van der Waals surface area contributed by atoms with Gasteiger partial charge in [-0.1, -0.05) is 26.0 Å². The van der Waals surface area contributed by atoms with E-state index in [9.17, 15) is 18.3 Å². The molecular formula is C24H30N4O5S. The number of pyridine rings is 1. The topological polar surface area (TPSA) is 137 Å². The van der Waals surface area contributed by atoms with Crippen molar-refractivity contribution in [3.8, 4) is 17.0 Å². The fourth-order valence-corrected chi connectivity index (χ4v) is 4.27. The predicted molar refractivity (Wildman–Crippen MR) is 128 cm³/mol. The molecule has 0 fully saturated rings. The van der Waals surface area contributed by atoms with Crippen molar-refractivity contribution in [1.82, 2.24) is 14.8 Å². The van der Waals surface area contributed by atoms with E-state index in [2.05, 4.69) is 10.1 Å². The molecule has 0 aliphatic carbocycles. The molecule has 0 aliphatic heterocycles. The van der Waals surface area contributed by atoms with Gasteiger partial charge >= 0.3 is 5.97 Å². The molecule has 2 aromatic heterocycles. The number of carboxylic acid groups (broad SMARTS) is 1. The standard InChI is InChI=1S/C24H30N4O5S/c1-15(2)18-7-6-16(3)23(19(18)13-22(29)30)17-8-10-26-20(12-17)33-14-24(4,5)28-11-9-21(27-28)34(25,31)32/h6-12,15H,13-14H2,1-5H3,(H,29,30)(H2,25,31,32). The van der Waals surface area contributed by atoms with Crippen LogP contribution in [0.15, 0.2) is 47.8 Å². The minimum absolute atomic E-state index is 0.0816. The number of sulfonamides is 1. The number of nitrogens with zero attached hydrogens (tertiary/aromatic N) is 3. The van der Waals surface area contributed by atoms with E-state index in [1.807, 2.05) is 52.8 Å². The van der Waals surface area contributed by atoms with E-state index in [1.165, 1.54) is 16.9 Å². The SMILES string of the molecule is Cc1ccc(C(C)C)c(CC(=O)O)c1-c1ccnc(OCC(C)(C)n2ccc(S(N)(=O)=O)n2)c1. The van der Waals surface area contributed by atoms with Crippen molar-refractivity contribution in [1.29, 1.82) is 0 Å². The summed E-state index contributed by atoms with van der Waals surface area (Å²) in [7, 11) is -3.90. The van der Waals surface area contributed by atoms with Crippen LogP contribution in [0.2, 0.25) is 0 Å². The van der Waals surface area contributed by atoms with Crippen molar-refractivity contribution in [3.05, 3.63) is 59.4 Å². The fraction of sp³-hybridized carbons (Fsp3) is 0.375. The van der Waals surface area contributed by atoms with Gasteiger partial charge in [-0.25, -0.2) is 18.5 Å². The molecule has 0 aliphatic rings. The van der Waals surface area contributed by atoms with Gasteiger partial charge in [-0.2, -0.15) is 5.10 Å². The summed E-state index contributed by atoms with van der Waals surface area (Å²) in [5.41, 5.74) is 3.73. The maximum absolute atomic E-state index is 11.6. The summed E-state index contributed by atoms with van der Waals surface area (Å²) in [6.45, 7) is 9.88. The molecule has 3 N–H and O–H groups in total. The minimum Gasteiger partial charge on any atom is -0.481 e. The Morgan fingerprint density at radius 3 is 2.53 bits per heavy atom. The summed E-state index contributed by atoms with van der Waals surface area (Å²) in [5, 5.41) is 18.5. The molecule has 9 nitrogen and oxygen atoms in total. The molecule has 0 saturated heterocycles. The molecular weight excluding hydrogens is 456 g/mol. The minimum atomic E-state index is -3.90. The number of aryl methyl sites for hydroxylation is 1. The monoisotopic (exact) mass is 486 g/mol. The Bertz CT molecular complexity index is 1310. The zero-order valence-electron chi connectivity index (χ0n) is 19.9. The highest BCUT2D eigenvalue weighted by molar-refractivity contribution is 7.89. The zero-order valence-corrected chi connectivity index (χ0v) is 20.8. The third-order valence-corrected chi connectivity index (χ3v) is 6.38. The van der Waals surface area contributed by atoms with Gasteiger partial charge in [0.1, 0.15) is 6.61 Å². The molecule has 182 valence electrons. The summed E-state index contributed by atoms with van der Waals surface area (Å²) in [6, 6.07) is 8.95. The van der Waals surface area contributed by atoms with Crippen molar-refractivity contribution in [2.45, 2.75) is 57.5 Å². The van der Waals surface area contributed by atoms with Crippen LogP contribution in [-0.2, 0) is 26.8 Å². The van der Waals surface area contributed by atoms with Gasteiger partial charge in [-0.15, -0.1) is 0 Å². The first-order chi connectivity index (χ1) is 15.8. The maximum Gasteiger partial charge on any atom is 0.307 e. The predicted octanol–water partition coefficient (Wildman–Crippen LogP) is 3.47. The second-order valence-corrected chi connectivity index (χ2v) is 10.7. The number of hydrogen-bond acceptors (Lipinski definition) is 6. The lowest BCUT2D eigenvalue weighted by Gasteiger charge is -2.25. The van der Waals surface area contributed by atoms with Gasteiger partial charge in [-0.3, -0.25) is 9.48 Å². The molecule has 0 bridgehead atoms. The first-order valence-electron chi connectivity index (χ1n) is 10.8. The van der Waals surface area contributed by atoms with Gasteiger partial charge in [0.25, 0.3) is 10.0 Å². The molecule has 10 heteroatoms. The van der Waals surface area contributed by atoms with E-state index in [0.29, 0.717) is 5.88 Å². The summed E-state index contributed by atoms with van der Waals surface area (Å²) < 4.78 is 30.5. The summed E-state index contributed by atoms with van der Waals surface area (Å²) in [4.78, 5) is 15.9. The van der Waals surface area contributed by atoms with Crippen LogP contribution in [0.3, 0.4) is 0 Å². The van der Waals surface area contributed by atoms with Gasteiger partial charge in [-0.05, 0) is 66.6 Å². The van der Waals surface area contributed by atoms with Crippen LogP contribution in [0.4, 0.5) is 0 Å². The number of aromatic nitrogens is 3. The van der Waals surface area contributed by atoms with E-state index >= 15 is 0 Å². The van der Waals surface area contributed by atoms with Gasteiger partial charge in [0.2, 0.25) is 5.88 Å². The second-order valence-electron chi connectivity index (χ2n) is 9.18. The van der Waals surface area contributed by atoms with E-state index in [-0.39, 0.29) is 24.0 Å². The molecule has 3 rings (SSSR count). The number of nitrogens with two attached hydrogens (primary N) is 1. The van der Waals surface area contributed by atoms with Crippen molar-refractivity contribution in [2.24, 2.45) is 5.14 Å². The Balaban J connectivity index is 1.92. The summed E-state index contributed by atoms with van der Waals surface area (Å²) in [5.74, 6) is -0.359.